The smallest absolute Gasteiger partial charge is 0.241 e. The molecule has 0 aromatic carbocycles. The number of hydrogen-bond acceptors (Lipinski definition) is 4. The number of nitrogens with zero attached hydrogens (tertiary/aromatic N) is 3. The molecule has 1 atom stereocenters. The fourth-order valence-electron chi connectivity index (χ4n) is 1.47. The van der Waals surface area contributed by atoms with Crippen molar-refractivity contribution in [1.29, 1.82) is 0 Å². The molecule has 0 aliphatic heterocycles. The van der Waals surface area contributed by atoms with Gasteiger partial charge in [-0.1, -0.05) is 6.07 Å². The summed E-state index contributed by atoms with van der Waals surface area (Å²) in [7, 11) is 5.21. The second-order valence-corrected chi connectivity index (χ2v) is 4.24. The highest BCUT2D eigenvalue weighted by molar-refractivity contribution is 5.80. The van der Waals surface area contributed by atoms with Crippen LogP contribution in [0.5, 0.6) is 0 Å². The highest BCUT2D eigenvalue weighted by Gasteiger charge is 2.15. The first-order chi connectivity index (χ1) is 7.93. The van der Waals surface area contributed by atoms with Crippen molar-refractivity contribution in [3.05, 3.63) is 23.9 Å². The summed E-state index contributed by atoms with van der Waals surface area (Å²) in [5, 5.41) is 9.63. The van der Waals surface area contributed by atoms with Crippen molar-refractivity contribution in [2.75, 3.05) is 32.6 Å². The molecule has 17 heavy (non-hydrogen) atoms. The predicted octanol–water partition coefficient (Wildman–Crippen LogP) is 0.659. The number of anilines is 1. The van der Waals surface area contributed by atoms with Crippen molar-refractivity contribution >= 4 is 11.7 Å². The van der Waals surface area contributed by atoms with Crippen LogP contribution in [0.4, 0.5) is 5.82 Å². The third-order valence-electron chi connectivity index (χ3n) is 2.50. The summed E-state index contributed by atoms with van der Waals surface area (Å²) in [5.74, 6) is 0.632. The first-order valence-electron chi connectivity index (χ1n) is 5.47. The monoisotopic (exact) mass is 237 g/mol. The second kappa shape index (κ2) is 5.63. The van der Waals surface area contributed by atoms with Gasteiger partial charge in [-0.05, 0) is 13.0 Å². The van der Waals surface area contributed by atoms with Gasteiger partial charge in [0.25, 0.3) is 0 Å². The molecule has 1 amide bonds. The van der Waals surface area contributed by atoms with Crippen LogP contribution in [-0.2, 0) is 4.79 Å². The average molecular weight is 237 g/mol. The Morgan fingerprint density at radius 2 is 2.12 bits per heavy atom. The minimum Gasteiger partial charge on any atom is -0.389 e. The molecule has 0 saturated heterocycles. The molecule has 1 rings (SSSR count). The van der Waals surface area contributed by atoms with Crippen molar-refractivity contribution in [3.63, 3.8) is 0 Å². The highest BCUT2D eigenvalue weighted by atomic mass is 16.3. The van der Waals surface area contributed by atoms with Crippen molar-refractivity contribution < 1.29 is 9.90 Å². The Kier molecular flexibility index (Phi) is 4.45. The number of pyridine rings is 1. The highest BCUT2D eigenvalue weighted by Crippen LogP contribution is 2.22. The molecule has 0 aliphatic rings. The molecule has 1 heterocycles. The van der Waals surface area contributed by atoms with Crippen LogP contribution in [0, 0.1) is 0 Å². The van der Waals surface area contributed by atoms with E-state index in [1.54, 1.807) is 45.2 Å². The molecule has 0 bridgehead atoms. The lowest BCUT2D eigenvalue weighted by Gasteiger charge is -2.23. The molecular formula is C12H19N3O2. The maximum absolute atomic E-state index is 11.6. The Hall–Kier alpha value is -1.62. The van der Waals surface area contributed by atoms with Crippen molar-refractivity contribution in [3.8, 4) is 0 Å². The van der Waals surface area contributed by atoms with E-state index in [4.69, 9.17) is 0 Å². The quantitative estimate of drug-likeness (QED) is 0.835. The summed E-state index contributed by atoms with van der Waals surface area (Å²) >= 11 is 0. The van der Waals surface area contributed by atoms with Crippen LogP contribution in [0.15, 0.2) is 18.3 Å². The van der Waals surface area contributed by atoms with Gasteiger partial charge >= 0.3 is 0 Å². The third kappa shape index (κ3) is 3.42. The zero-order valence-electron chi connectivity index (χ0n) is 10.7. The SMILES string of the molecule is C[C@H](O)c1cccnc1N(C)CC(=O)N(C)C. The van der Waals surface area contributed by atoms with Crippen LogP contribution in [0.25, 0.3) is 0 Å². The maximum Gasteiger partial charge on any atom is 0.241 e. The molecule has 5 nitrogen and oxygen atoms in total. The fourth-order valence-corrected chi connectivity index (χ4v) is 1.47. The van der Waals surface area contributed by atoms with Gasteiger partial charge in [-0.15, -0.1) is 0 Å². The van der Waals surface area contributed by atoms with Gasteiger partial charge in [0.2, 0.25) is 5.91 Å². The van der Waals surface area contributed by atoms with Gasteiger partial charge in [0, 0.05) is 32.9 Å². The number of carbonyl (C=O) groups excluding carboxylic acids is 1. The predicted molar refractivity (Wildman–Crippen MR) is 66.8 cm³/mol. The van der Waals surface area contributed by atoms with E-state index in [1.807, 2.05) is 6.07 Å². The largest absolute Gasteiger partial charge is 0.389 e. The summed E-state index contributed by atoms with van der Waals surface area (Å²) < 4.78 is 0. The van der Waals surface area contributed by atoms with Gasteiger partial charge in [-0.3, -0.25) is 4.79 Å². The van der Waals surface area contributed by atoms with E-state index in [0.717, 1.165) is 5.56 Å². The molecule has 0 saturated carbocycles. The lowest BCUT2D eigenvalue weighted by atomic mass is 10.1. The number of amides is 1. The molecule has 0 aliphatic carbocycles. The van der Waals surface area contributed by atoms with E-state index in [-0.39, 0.29) is 12.5 Å². The van der Waals surface area contributed by atoms with E-state index in [0.29, 0.717) is 5.82 Å². The Labute approximate surface area is 102 Å². The van der Waals surface area contributed by atoms with Gasteiger partial charge < -0.3 is 14.9 Å². The molecule has 1 aromatic rings. The van der Waals surface area contributed by atoms with Gasteiger partial charge in [0.15, 0.2) is 0 Å². The van der Waals surface area contributed by atoms with Crippen LogP contribution in [-0.4, -0.2) is 48.6 Å². The summed E-state index contributed by atoms with van der Waals surface area (Å²) in [5.41, 5.74) is 0.724. The zero-order chi connectivity index (χ0) is 13.0. The maximum atomic E-state index is 11.6. The first kappa shape index (κ1) is 13.4. The van der Waals surface area contributed by atoms with Gasteiger partial charge in [0.1, 0.15) is 5.82 Å². The number of rotatable bonds is 4. The summed E-state index contributed by atoms with van der Waals surface area (Å²) in [6.45, 7) is 1.92. The summed E-state index contributed by atoms with van der Waals surface area (Å²) in [6.07, 6.45) is 1.05. The normalized spacial score (nSPS) is 12.1. The van der Waals surface area contributed by atoms with Gasteiger partial charge in [-0.25, -0.2) is 4.98 Å². The van der Waals surface area contributed by atoms with Crippen LogP contribution in [0.2, 0.25) is 0 Å². The van der Waals surface area contributed by atoms with Crippen molar-refractivity contribution in [2.24, 2.45) is 0 Å². The zero-order valence-corrected chi connectivity index (χ0v) is 10.7. The molecule has 0 unspecified atom stereocenters. The van der Waals surface area contributed by atoms with Gasteiger partial charge in [-0.2, -0.15) is 0 Å². The molecule has 1 N–H and O–H groups in total. The number of aliphatic hydroxyl groups excluding tert-OH is 1. The molecule has 0 spiro atoms. The van der Waals surface area contributed by atoms with Crippen LogP contribution < -0.4 is 4.90 Å². The minimum absolute atomic E-state index is 0.00491. The van der Waals surface area contributed by atoms with E-state index in [2.05, 4.69) is 4.98 Å². The lowest BCUT2D eigenvalue weighted by Crippen LogP contribution is -2.35. The molecule has 0 radical (unpaired) electrons. The Morgan fingerprint density at radius 3 is 2.65 bits per heavy atom. The fraction of sp³-hybridized carbons (Fsp3) is 0.500. The summed E-state index contributed by atoms with van der Waals surface area (Å²) in [4.78, 5) is 19.1. The standard InChI is InChI=1S/C12H19N3O2/c1-9(16)10-6-5-7-13-12(10)15(4)8-11(17)14(2)3/h5-7,9,16H,8H2,1-4H3/t9-/m0/s1. The van der Waals surface area contributed by atoms with Crippen molar-refractivity contribution in [2.45, 2.75) is 13.0 Å². The van der Waals surface area contributed by atoms with E-state index < -0.39 is 6.10 Å². The number of aromatic nitrogens is 1. The molecule has 5 heteroatoms. The molecule has 0 fully saturated rings. The minimum atomic E-state index is -0.601. The number of hydrogen-bond donors (Lipinski definition) is 1. The number of aliphatic hydroxyl groups is 1. The molecular weight excluding hydrogens is 218 g/mol. The van der Waals surface area contributed by atoms with Crippen LogP contribution in [0.1, 0.15) is 18.6 Å². The van der Waals surface area contributed by atoms with E-state index in [1.165, 1.54) is 4.90 Å². The number of carbonyl (C=O) groups is 1. The Balaban J connectivity index is 2.88. The van der Waals surface area contributed by atoms with Gasteiger partial charge in [0.05, 0.1) is 12.6 Å². The van der Waals surface area contributed by atoms with E-state index >= 15 is 0 Å². The van der Waals surface area contributed by atoms with Crippen LogP contribution >= 0.6 is 0 Å². The Morgan fingerprint density at radius 1 is 1.47 bits per heavy atom. The average Bonchev–Trinajstić information content (AvgIpc) is 2.28. The van der Waals surface area contributed by atoms with E-state index in [9.17, 15) is 9.90 Å². The topological polar surface area (TPSA) is 56.7 Å². The molecule has 1 aromatic heterocycles. The number of likely N-dealkylation sites (N-methyl/N-ethyl adjacent to an activating group) is 2. The van der Waals surface area contributed by atoms with Crippen LogP contribution in [0.3, 0.4) is 0 Å². The van der Waals surface area contributed by atoms with Crippen molar-refractivity contribution in [1.82, 2.24) is 9.88 Å². The summed E-state index contributed by atoms with van der Waals surface area (Å²) in [6, 6.07) is 3.58. The third-order valence-corrected chi connectivity index (χ3v) is 2.50. The first-order valence-corrected chi connectivity index (χ1v) is 5.47. The second-order valence-electron chi connectivity index (χ2n) is 4.24. The lowest BCUT2D eigenvalue weighted by molar-refractivity contribution is -0.127. The molecule has 94 valence electrons. The Bertz CT molecular complexity index is 391.